The van der Waals surface area contributed by atoms with Crippen LogP contribution in [0.25, 0.3) is 0 Å². The predicted molar refractivity (Wildman–Crippen MR) is 87.6 cm³/mol. The van der Waals surface area contributed by atoms with Crippen LogP contribution in [0.1, 0.15) is 10.4 Å². The molecule has 0 saturated carbocycles. The van der Waals surface area contributed by atoms with Crippen LogP contribution in [0.3, 0.4) is 0 Å². The molecule has 134 valence electrons. The number of nitrogens with zero attached hydrogens (tertiary/aromatic N) is 2. The van der Waals surface area contributed by atoms with Crippen molar-refractivity contribution in [1.29, 1.82) is 0 Å². The zero-order valence-corrected chi connectivity index (χ0v) is 13.6. The van der Waals surface area contributed by atoms with Crippen LogP contribution in [0, 0.1) is 5.82 Å². The van der Waals surface area contributed by atoms with Crippen molar-refractivity contribution in [1.82, 2.24) is 25.8 Å². The van der Waals surface area contributed by atoms with Crippen molar-refractivity contribution in [3.63, 3.8) is 0 Å². The molecule has 25 heavy (non-hydrogen) atoms. The Kier molecular flexibility index (Phi) is 5.01. The van der Waals surface area contributed by atoms with E-state index in [9.17, 15) is 18.8 Å². The minimum Gasteiger partial charge on any atom is -0.350 e. The summed E-state index contributed by atoms with van der Waals surface area (Å²) in [5.74, 6) is -0.721. The molecule has 0 spiro atoms. The maximum atomic E-state index is 12.8. The summed E-state index contributed by atoms with van der Waals surface area (Å²) in [6.07, 6.45) is 0. The number of hydrogen-bond acceptors (Lipinski definition) is 3. The number of carbonyl (C=O) groups is 3. The van der Waals surface area contributed by atoms with E-state index in [0.29, 0.717) is 31.7 Å². The lowest BCUT2D eigenvalue weighted by Crippen LogP contribution is -2.56. The van der Waals surface area contributed by atoms with Crippen LogP contribution in [0.5, 0.6) is 0 Å². The summed E-state index contributed by atoms with van der Waals surface area (Å²) in [5, 5.41) is 8.17. The Balaban J connectivity index is 1.37. The molecule has 0 aliphatic carbocycles. The summed E-state index contributed by atoms with van der Waals surface area (Å²) in [6, 6.07) is 4.98. The molecule has 1 unspecified atom stereocenters. The topological polar surface area (TPSA) is 93.8 Å². The molecule has 3 rings (SSSR count). The van der Waals surface area contributed by atoms with Gasteiger partial charge in [0, 0.05) is 44.8 Å². The third-order valence-corrected chi connectivity index (χ3v) is 4.31. The van der Waals surface area contributed by atoms with E-state index < -0.39 is 5.82 Å². The van der Waals surface area contributed by atoms with Crippen LogP contribution in [0.4, 0.5) is 14.0 Å². The first-order chi connectivity index (χ1) is 12.0. The van der Waals surface area contributed by atoms with E-state index in [4.69, 9.17) is 0 Å². The maximum absolute atomic E-state index is 12.8. The van der Waals surface area contributed by atoms with Gasteiger partial charge in [0.15, 0.2) is 0 Å². The van der Waals surface area contributed by atoms with Gasteiger partial charge in [-0.2, -0.15) is 0 Å². The van der Waals surface area contributed by atoms with E-state index in [1.807, 2.05) is 0 Å². The average Bonchev–Trinajstić information content (AvgIpc) is 2.99. The molecule has 3 N–H and O–H groups in total. The van der Waals surface area contributed by atoms with Gasteiger partial charge in [0.2, 0.25) is 0 Å². The molecule has 1 aromatic rings. The number of nitrogens with one attached hydrogen (secondary N) is 3. The summed E-state index contributed by atoms with van der Waals surface area (Å²) in [6.45, 7) is 2.60. The highest BCUT2D eigenvalue weighted by Crippen LogP contribution is 2.13. The Labute approximate surface area is 144 Å². The monoisotopic (exact) mass is 349 g/mol. The van der Waals surface area contributed by atoms with Gasteiger partial charge in [-0.25, -0.2) is 14.0 Å². The van der Waals surface area contributed by atoms with E-state index in [0.717, 1.165) is 0 Å². The molecule has 0 radical (unpaired) electrons. The van der Waals surface area contributed by atoms with Crippen molar-refractivity contribution >= 4 is 18.0 Å². The molecule has 9 heteroatoms. The minimum absolute atomic E-state index is 0.0187. The highest BCUT2D eigenvalue weighted by atomic mass is 19.1. The predicted octanol–water partition coefficient (Wildman–Crippen LogP) is -0.0255. The fourth-order valence-electron chi connectivity index (χ4n) is 2.95. The standard InChI is InChI=1S/C16H20FN5O3/c17-12-3-1-11(2-4-12)14(23)18-5-6-19-15(24)21-7-8-22-13(10-21)9-20-16(22)25/h1-4,13H,5-10H2,(H,18,23)(H,19,24)(H,20,25). The van der Waals surface area contributed by atoms with Gasteiger partial charge in [-0.3, -0.25) is 4.79 Å². The number of halogens is 1. The summed E-state index contributed by atoms with van der Waals surface area (Å²) in [4.78, 5) is 39.0. The van der Waals surface area contributed by atoms with Crippen molar-refractivity contribution in [2.75, 3.05) is 39.3 Å². The van der Waals surface area contributed by atoms with E-state index in [-0.39, 0.29) is 37.1 Å². The van der Waals surface area contributed by atoms with Gasteiger partial charge in [0.25, 0.3) is 5.91 Å². The van der Waals surface area contributed by atoms with E-state index in [1.54, 1.807) is 9.80 Å². The maximum Gasteiger partial charge on any atom is 0.317 e. The largest absolute Gasteiger partial charge is 0.350 e. The van der Waals surface area contributed by atoms with Crippen molar-refractivity contribution in [3.8, 4) is 0 Å². The average molecular weight is 349 g/mol. The van der Waals surface area contributed by atoms with Gasteiger partial charge < -0.3 is 25.8 Å². The minimum atomic E-state index is -0.400. The molecule has 0 bridgehead atoms. The summed E-state index contributed by atoms with van der Waals surface area (Å²) >= 11 is 0. The van der Waals surface area contributed by atoms with E-state index >= 15 is 0 Å². The molecule has 1 aromatic carbocycles. The Bertz CT molecular complexity index is 666. The smallest absolute Gasteiger partial charge is 0.317 e. The number of urea groups is 2. The number of benzene rings is 1. The fourth-order valence-corrected chi connectivity index (χ4v) is 2.95. The second-order valence-electron chi connectivity index (χ2n) is 5.97. The third kappa shape index (κ3) is 3.98. The molecular weight excluding hydrogens is 329 g/mol. The van der Waals surface area contributed by atoms with Gasteiger partial charge in [0.05, 0.1) is 6.04 Å². The lowest BCUT2D eigenvalue weighted by atomic mass is 10.2. The van der Waals surface area contributed by atoms with Gasteiger partial charge in [0.1, 0.15) is 5.82 Å². The van der Waals surface area contributed by atoms with E-state index in [2.05, 4.69) is 16.0 Å². The first-order valence-corrected chi connectivity index (χ1v) is 8.15. The number of fused-ring (bicyclic) bond motifs is 1. The van der Waals surface area contributed by atoms with Gasteiger partial charge in [-0.05, 0) is 24.3 Å². The summed E-state index contributed by atoms with van der Waals surface area (Å²) in [7, 11) is 0. The lowest BCUT2D eigenvalue weighted by Gasteiger charge is -2.36. The Morgan fingerprint density at radius 1 is 1.16 bits per heavy atom. The Morgan fingerprint density at radius 2 is 1.88 bits per heavy atom. The third-order valence-electron chi connectivity index (χ3n) is 4.31. The summed E-state index contributed by atoms with van der Waals surface area (Å²) < 4.78 is 12.8. The SMILES string of the molecule is O=C(NCCNC(=O)N1CCN2C(=O)NCC2C1)c1ccc(F)cc1. The number of carbonyl (C=O) groups excluding carboxylic acids is 3. The number of piperazine rings is 1. The lowest BCUT2D eigenvalue weighted by molar-refractivity contribution is 0.0953. The fraction of sp³-hybridized carbons (Fsp3) is 0.438. The van der Waals surface area contributed by atoms with Gasteiger partial charge in [-0.15, -0.1) is 0 Å². The van der Waals surface area contributed by atoms with Crippen LogP contribution in [0.2, 0.25) is 0 Å². The molecular formula is C16H20FN5O3. The zero-order chi connectivity index (χ0) is 17.8. The number of amides is 5. The Morgan fingerprint density at radius 3 is 2.64 bits per heavy atom. The van der Waals surface area contributed by atoms with Crippen LogP contribution in [-0.2, 0) is 0 Å². The molecule has 1 atom stereocenters. The van der Waals surface area contributed by atoms with E-state index in [1.165, 1.54) is 24.3 Å². The molecule has 0 aromatic heterocycles. The second-order valence-corrected chi connectivity index (χ2v) is 5.97. The van der Waals surface area contributed by atoms with Crippen molar-refractivity contribution in [2.24, 2.45) is 0 Å². The molecule has 2 saturated heterocycles. The normalized spacial score (nSPS) is 19.2. The second kappa shape index (κ2) is 7.37. The van der Waals surface area contributed by atoms with Gasteiger partial charge >= 0.3 is 12.1 Å². The van der Waals surface area contributed by atoms with Crippen LogP contribution in [-0.4, -0.2) is 73.1 Å². The summed E-state index contributed by atoms with van der Waals surface area (Å²) in [5.41, 5.74) is 0.363. The van der Waals surface area contributed by atoms with Crippen molar-refractivity contribution < 1.29 is 18.8 Å². The molecule has 2 aliphatic rings. The van der Waals surface area contributed by atoms with Crippen molar-refractivity contribution in [2.45, 2.75) is 6.04 Å². The van der Waals surface area contributed by atoms with Crippen LogP contribution in [0.15, 0.2) is 24.3 Å². The first kappa shape index (κ1) is 17.0. The molecule has 2 aliphatic heterocycles. The van der Waals surface area contributed by atoms with Crippen LogP contribution < -0.4 is 16.0 Å². The van der Waals surface area contributed by atoms with Gasteiger partial charge in [-0.1, -0.05) is 0 Å². The molecule has 8 nitrogen and oxygen atoms in total. The first-order valence-electron chi connectivity index (χ1n) is 8.15. The quantitative estimate of drug-likeness (QED) is 0.667. The highest BCUT2D eigenvalue weighted by molar-refractivity contribution is 5.94. The zero-order valence-electron chi connectivity index (χ0n) is 13.6. The highest BCUT2D eigenvalue weighted by Gasteiger charge is 2.36. The molecule has 5 amide bonds. The Hall–Kier alpha value is -2.84. The number of hydrogen-bond donors (Lipinski definition) is 3. The number of rotatable bonds is 4. The van der Waals surface area contributed by atoms with Crippen LogP contribution >= 0.6 is 0 Å². The van der Waals surface area contributed by atoms with Crippen molar-refractivity contribution in [3.05, 3.63) is 35.6 Å². The molecule has 2 fully saturated rings. The molecule has 2 heterocycles.